The second kappa shape index (κ2) is 6.74. The number of likely N-dealkylation sites (tertiary alicyclic amines) is 1. The van der Waals surface area contributed by atoms with Crippen LogP contribution in [0.1, 0.15) is 58.8 Å². The summed E-state index contributed by atoms with van der Waals surface area (Å²) in [6.07, 6.45) is 8.32. The number of amides is 1. The number of hydrogen-bond donors (Lipinski definition) is 1. The third-order valence-corrected chi connectivity index (χ3v) is 5.24. The van der Waals surface area contributed by atoms with Gasteiger partial charge in [-0.3, -0.25) is 4.79 Å². The van der Waals surface area contributed by atoms with E-state index in [-0.39, 0.29) is 12.0 Å². The van der Waals surface area contributed by atoms with Gasteiger partial charge in [-0.25, -0.2) is 0 Å². The van der Waals surface area contributed by atoms with Crippen LogP contribution in [0.15, 0.2) is 0 Å². The summed E-state index contributed by atoms with van der Waals surface area (Å²) in [5.74, 6) is 1.77. The third kappa shape index (κ3) is 3.50. The fraction of sp³-hybridized carbons (Fsp3) is 0.938. The van der Waals surface area contributed by atoms with E-state index in [0.717, 1.165) is 31.8 Å². The van der Waals surface area contributed by atoms with Crippen LogP contribution in [0.4, 0.5) is 0 Å². The van der Waals surface area contributed by atoms with Crippen molar-refractivity contribution in [2.75, 3.05) is 13.1 Å². The van der Waals surface area contributed by atoms with Gasteiger partial charge >= 0.3 is 0 Å². The summed E-state index contributed by atoms with van der Waals surface area (Å²) in [5.41, 5.74) is 6.26. The Balaban J connectivity index is 1.86. The fourth-order valence-electron chi connectivity index (χ4n) is 3.81. The van der Waals surface area contributed by atoms with Gasteiger partial charge in [-0.15, -0.1) is 0 Å². The zero-order valence-electron chi connectivity index (χ0n) is 12.6. The lowest BCUT2D eigenvalue weighted by Gasteiger charge is -2.39. The van der Waals surface area contributed by atoms with Gasteiger partial charge in [0.15, 0.2) is 0 Å². The average molecular weight is 266 g/mol. The van der Waals surface area contributed by atoms with Gasteiger partial charge in [-0.05, 0) is 37.5 Å². The van der Waals surface area contributed by atoms with E-state index in [1.54, 1.807) is 0 Å². The second-order valence-electron chi connectivity index (χ2n) is 6.65. The molecule has 0 aromatic carbocycles. The van der Waals surface area contributed by atoms with Crippen LogP contribution in [-0.2, 0) is 4.79 Å². The van der Waals surface area contributed by atoms with Crippen molar-refractivity contribution in [1.29, 1.82) is 0 Å². The summed E-state index contributed by atoms with van der Waals surface area (Å²) in [6, 6.07) is 0.0783. The van der Waals surface area contributed by atoms with Gasteiger partial charge in [-0.1, -0.05) is 33.1 Å². The standard InChI is InChI=1S/C16H30N2O/c1-3-5-13-8-10-18(11-9-13)16(19)14-7-4-6-12(2)15(14)17/h12-15H,3-11,17H2,1-2H3. The van der Waals surface area contributed by atoms with Gasteiger partial charge in [0, 0.05) is 19.1 Å². The van der Waals surface area contributed by atoms with Crippen molar-refractivity contribution < 1.29 is 4.79 Å². The van der Waals surface area contributed by atoms with Gasteiger partial charge in [0.05, 0.1) is 5.92 Å². The largest absolute Gasteiger partial charge is 0.342 e. The van der Waals surface area contributed by atoms with Crippen LogP contribution >= 0.6 is 0 Å². The molecule has 1 saturated heterocycles. The molecule has 1 heterocycles. The Hall–Kier alpha value is -0.570. The van der Waals surface area contributed by atoms with E-state index in [1.165, 1.54) is 32.1 Å². The summed E-state index contributed by atoms with van der Waals surface area (Å²) < 4.78 is 0. The molecule has 2 aliphatic rings. The van der Waals surface area contributed by atoms with Gasteiger partial charge in [0.25, 0.3) is 0 Å². The van der Waals surface area contributed by atoms with Gasteiger partial charge in [0.1, 0.15) is 0 Å². The minimum atomic E-state index is 0.0783. The first-order valence-electron chi connectivity index (χ1n) is 8.17. The molecular weight excluding hydrogens is 236 g/mol. The smallest absolute Gasteiger partial charge is 0.227 e. The Morgan fingerprint density at radius 3 is 2.53 bits per heavy atom. The molecule has 3 unspecified atom stereocenters. The van der Waals surface area contributed by atoms with Crippen molar-refractivity contribution in [2.24, 2.45) is 23.5 Å². The summed E-state index contributed by atoms with van der Waals surface area (Å²) in [7, 11) is 0. The van der Waals surface area contributed by atoms with Crippen molar-refractivity contribution in [3.63, 3.8) is 0 Å². The highest BCUT2D eigenvalue weighted by Gasteiger charge is 2.36. The highest BCUT2D eigenvalue weighted by molar-refractivity contribution is 5.79. The first kappa shape index (κ1) is 14.8. The maximum Gasteiger partial charge on any atom is 0.227 e. The van der Waals surface area contributed by atoms with Crippen LogP contribution < -0.4 is 5.73 Å². The lowest BCUT2D eigenvalue weighted by Crippen LogP contribution is -2.50. The highest BCUT2D eigenvalue weighted by Crippen LogP contribution is 2.31. The van der Waals surface area contributed by atoms with Gasteiger partial charge in [0.2, 0.25) is 5.91 Å². The van der Waals surface area contributed by atoms with E-state index >= 15 is 0 Å². The first-order valence-corrected chi connectivity index (χ1v) is 8.17. The van der Waals surface area contributed by atoms with Crippen LogP contribution in [0.2, 0.25) is 0 Å². The van der Waals surface area contributed by atoms with E-state index in [1.807, 2.05) is 0 Å². The second-order valence-corrected chi connectivity index (χ2v) is 6.65. The lowest BCUT2D eigenvalue weighted by molar-refractivity contribution is -0.139. The molecule has 0 bridgehead atoms. The molecule has 2 N–H and O–H groups in total. The monoisotopic (exact) mass is 266 g/mol. The molecule has 0 aromatic rings. The minimum absolute atomic E-state index is 0.0783. The van der Waals surface area contributed by atoms with E-state index in [0.29, 0.717) is 11.8 Å². The van der Waals surface area contributed by atoms with Crippen molar-refractivity contribution in [1.82, 2.24) is 4.90 Å². The van der Waals surface area contributed by atoms with Crippen molar-refractivity contribution >= 4 is 5.91 Å². The number of carbonyl (C=O) groups is 1. The molecule has 0 aromatic heterocycles. The molecule has 1 amide bonds. The zero-order valence-corrected chi connectivity index (χ0v) is 12.6. The Bertz CT molecular complexity index is 297. The van der Waals surface area contributed by atoms with E-state index < -0.39 is 0 Å². The maximum atomic E-state index is 12.6. The molecule has 3 atom stereocenters. The van der Waals surface area contributed by atoms with Gasteiger partial charge < -0.3 is 10.6 Å². The van der Waals surface area contributed by atoms with Crippen LogP contribution in [0, 0.1) is 17.8 Å². The highest BCUT2D eigenvalue weighted by atomic mass is 16.2. The molecule has 110 valence electrons. The van der Waals surface area contributed by atoms with Crippen molar-refractivity contribution in [3.05, 3.63) is 0 Å². The number of hydrogen-bond acceptors (Lipinski definition) is 2. The summed E-state index contributed by atoms with van der Waals surface area (Å²) in [4.78, 5) is 14.7. The summed E-state index contributed by atoms with van der Waals surface area (Å²) >= 11 is 0. The predicted octanol–water partition coefficient (Wildman–Crippen LogP) is 2.79. The van der Waals surface area contributed by atoms with Crippen LogP contribution in [0.3, 0.4) is 0 Å². The number of rotatable bonds is 3. The molecule has 2 fully saturated rings. The number of nitrogens with two attached hydrogens (primary N) is 1. The topological polar surface area (TPSA) is 46.3 Å². The Labute approximate surface area is 117 Å². The Morgan fingerprint density at radius 1 is 1.21 bits per heavy atom. The average Bonchev–Trinajstić information content (AvgIpc) is 2.42. The minimum Gasteiger partial charge on any atom is -0.342 e. The SMILES string of the molecule is CCCC1CCN(C(=O)C2CCCC(C)C2N)CC1. The molecule has 2 rings (SSSR count). The quantitative estimate of drug-likeness (QED) is 0.854. The third-order valence-electron chi connectivity index (χ3n) is 5.24. The number of carbonyl (C=O) groups excluding carboxylic acids is 1. The maximum absolute atomic E-state index is 12.6. The van der Waals surface area contributed by atoms with Crippen LogP contribution in [0.5, 0.6) is 0 Å². The Kier molecular flexibility index (Phi) is 5.26. The molecule has 3 heteroatoms. The molecule has 3 nitrogen and oxygen atoms in total. The van der Waals surface area contributed by atoms with Gasteiger partial charge in [-0.2, -0.15) is 0 Å². The number of nitrogens with zero attached hydrogens (tertiary/aromatic N) is 1. The Morgan fingerprint density at radius 2 is 1.89 bits per heavy atom. The zero-order chi connectivity index (χ0) is 13.8. The van der Waals surface area contributed by atoms with Crippen molar-refractivity contribution in [3.8, 4) is 0 Å². The lowest BCUT2D eigenvalue weighted by atomic mass is 9.77. The summed E-state index contributed by atoms with van der Waals surface area (Å²) in [5, 5.41) is 0. The summed E-state index contributed by atoms with van der Waals surface area (Å²) in [6.45, 7) is 6.36. The molecule has 0 spiro atoms. The normalized spacial score (nSPS) is 33.4. The van der Waals surface area contributed by atoms with E-state index in [4.69, 9.17) is 5.73 Å². The molecule has 1 aliphatic carbocycles. The molecule has 1 aliphatic heterocycles. The van der Waals surface area contributed by atoms with Crippen LogP contribution in [-0.4, -0.2) is 29.9 Å². The first-order chi connectivity index (χ1) is 9.13. The number of piperidine rings is 1. The molecule has 19 heavy (non-hydrogen) atoms. The fourth-order valence-corrected chi connectivity index (χ4v) is 3.81. The van der Waals surface area contributed by atoms with E-state index in [2.05, 4.69) is 18.7 Å². The van der Waals surface area contributed by atoms with Crippen molar-refractivity contribution in [2.45, 2.75) is 64.8 Å². The van der Waals surface area contributed by atoms with Crippen LogP contribution in [0.25, 0.3) is 0 Å². The molecular formula is C16H30N2O. The van der Waals surface area contributed by atoms with E-state index in [9.17, 15) is 4.79 Å². The predicted molar refractivity (Wildman–Crippen MR) is 78.7 cm³/mol. The molecule has 0 radical (unpaired) electrons. The molecule has 1 saturated carbocycles.